The molecule has 1 aromatic rings. The minimum Gasteiger partial charge on any atom is -0.357 e. The summed E-state index contributed by atoms with van der Waals surface area (Å²) < 4.78 is 7.08. The van der Waals surface area contributed by atoms with E-state index in [-0.39, 0.29) is 30.0 Å². The molecule has 7 rings (SSSR count). The van der Waals surface area contributed by atoms with Gasteiger partial charge < -0.3 is 15.4 Å². The average molecular weight is 591 g/mol. The molecule has 7 heteroatoms. The maximum absolute atomic E-state index is 12.8. The zero-order valence-electron chi connectivity index (χ0n) is 26.9. The van der Waals surface area contributed by atoms with E-state index >= 15 is 0 Å². The van der Waals surface area contributed by atoms with Crippen LogP contribution in [0.5, 0.6) is 0 Å². The first-order valence-electron chi connectivity index (χ1n) is 17.5. The highest BCUT2D eigenvalue weighted by atomic mass is 16.5. The monoisotopic (exact) mass is 590 g/mol. The Morgan fingerprint density at radius 1 is 1.00 bits per heavy atom. The Bertz CT molecular complexity index is 1200. The summed E-state index contributed by atoms with van der Waals surface area (Å²) >= 11 is 0. The summed E-state index contributed by atoms with van der Waals surface area (Å²) in [5.41, 5.74) is 1.60. The molecule has 1 aromatic heterocycles. The van der Waals surface area contributed by atoms with E-state index < -0.39 is 0 Å². The maximum atomic E-state index is 12.8. The van der Waals surface area contributed by atoms with Crippen molar-refractivity contribution in [2.75, 3.05) is 6.54 Å². The summed E-state index contributed by atoms with van der Waals surface area (Å²) in [5, 5.41) is 9.99. The topological polar surface area (TPSA) is 92.4 Å². The summed E-state index contributed by atoms with van der Waals surface area (Å²) in [7, 11) is 0. The van der Waals surface area contributed by atoms with Crippen molar-refractivity contribution in [2.45, 2.75) is 123 Å². The summed E-state index contributed by atoms with van der Waals surface area (Å²) in [4.78, 5) is 29.3. The number of ether oxygens (including phenoxy) is 1. The number of hydrogen-bond acceptors (Lipinski definition) is 5. The predicted molar refractivity (Wildman–Crippen MR) is 166 cm³/mol. The van der Waals surface area contributed by atoms with Gasteiger partial charge in [0.15, 0.2) is 0 Å². The standard InChI is InChI=1S/C36H54N4O3/c1-22-9-14-36(39-19-22)23(2)33-30(43-36)17-29-27-8-7-25-16-26(10-12-34(25,3)28(27)11-13-35(29,33)4)40-32(42)18-31(41)38-21-24-6-5-15-37-20-24/h5-6,15,20,22-23,25-30,33,39H,7-14,16-19,21H2,1-4H3,(H,38,41)(H,40,42)/t22-,23+,25+,26-,27-,28+,29+,30+,33+,34+,35+,36-/m1/s1. The average Bonchev–Trinajstić information content (AvgIpc) is 3.44. The second kappa shape index (κ2) is 11.1. The summed E-state index contributed by atoms with van der Waals surface area (Å²) in [6, 6.07) is 3.96. The number of piperidine rings is 1. The van der Waals surface area contributed by atoms with E-state index in [1.54, 1.807) is 12.4 Å². The molecule has 6 fully saturated rings. The van der Waals surface area contributed by atoms with Gasteiger partial charge >= 0.3 is 0 Å². The molecule has 1 spiro atoms. The number of carbonyl (C=O) groups excluding carboxylic acids is 2. The summed E-state index contributed by atoms with van der Waals surface area (Å²) in [6.45, 7) is 11.6. The second-order valence-corrected chi connectivity index (χ2v) is 16.2. The molecule has 7 nitrogen and oxygen atoms in total. The molecule has 43 heavy (non-hydrogen) atoms. The van der Waals surface area contributed by atoms with Crippen molar-refractivity contribution in [1.82, 2.24) is 20.9 Å². The van der Waals surface area contributed by atoms with E-state index in [4.69, 9.17) is 4.74 Å². The molecule has 3 heterocycles. The molecule has 0 radical (unpaired) electrons. The van der Waals surface area contributed by atoms with E-state index in [1.807, 2.05) is 12.1 Å². The van der Waals surface area contributed by atoms with Crippen LogP contribution in [0.15, 0.2) is 24.5 Å². The van der Waals surface area contributed by atoms with E-state index in [2.05, 4.69) is 48.6 Å². The van der Waals surface area contributed by atoms with Gasteiger partial charge in [-0.15, -0.1) is 0 Å². The third-order valence-electron chi connectivity index (χ3n) is 14.0. The van der Waals surface area contributed by atoms with Crippen LogP contribution < -0.4 is 16.0 Å². The molecule has 4 aliphatic carbocycles. The zero-order valence-corrected chi connectivity index (χ0v) is 26.9. The Balaban J connectivity index is 0.952. The highest BCUT2D eigenvalue weighted by molar-refractivity contribution is 5.96. The summed E-state index contributed by atoms with van der Waals surface area (Å²) in [5.74, 6) is 4.67. The molecule has 2 saturated heterocycles. The van der Waals surface area contributed by atoms with Crippen LogP contribution in [0.3, 0.4) is 0 Å². The fraction of sp³-hybridized carbons (Fsp3) is 0.806. The van der Waals surface area contributed by atoms with Gasteiger partial charge in [0.2, 0.25) is 11.8 Å². The quantitative estimate of drug-likeness (QED) is 0.389. The van der Waals surface area contributed by atoms with Crippen molar-refractivity contribution in [3.63, 3.8) is 0 Å². The van der Waals surface area contributed by atoms with Crippen LogP contribution in [0.2, 0.25) is 0 Å². The molecular formula is C36H54N4O3. The number of pyridine rings is 1. The van der Waals surface area contributed by atoms with Gasteiger partial charge in [-0.1, -0.05) is 33.8 Å². The third kappa shape index (κ3) is 5.05. The van der Waals surface area contributed by atoms with Crippen molar-refractivity contribution in [1.29, 1.82) is 0 Å². The number of rotatable bonds is 5. The van der Waals surface area contributed by atoms with Crippen LogP contribution in [-0.2, 0) is 20.9 Å². The van der Waals surface area contributed by atoms with Gasteiger partial charge in [0, 0.05) is 37.4 Å². The fourth-order valence-electron chi connectivity index (χ4n) is 11.8. The number of fused-ring (bicyclic) bond motifs is 7. The Kier molecular flexibility index (Phi) is 7.68. The van der Waals surface area contributed by atoms with E-state index in [9.17, 15) is 9.59 Å². The first-order valence-corrected chi connectivity index (χ1v) is 17.5. The largest absolute Gasteiger partial charge is 0.357 e. The summed E-state index contributed by atoms with van der Waals surface area (Å²) in [6.07, 6.45) is 16.0. The van der Waals surface area contributed by atoms with Crippen LogP contribution in [0.1, 0.15) is 104 Å². The number of nitrogens with one attached hydrogen (secondary N) is 3. The maximum Gasteiger partial charge on any atom is 0.229 e. The molecule has 0 unspecified atom stereocenters. The van der Waals surface area contributed by atoms with Gasteiger partial charge in [-0.25, -0.2) is 0 Å². The molecular weight excluding hydrogens is 536 g/mol. The lowest BCUT2D eigenvalue weighted by atomic mass is 9.44. The van der Waals surface area contributed by atoms with E-state index in [1.165, 1.54) is 51.4 Å². The van der Waals surface area contributed by atoms with Crippen molar-refractivity contribution in [2.24, 2.45) is 52.3 Å². The lowest BCUT2D eigenvalue weighted by Crippen LogP contribution is -2.58. The number of carbonyl (C=O) groups is 2. The number of nitrogens with zero attached hydrogens (tertiary/aromatic N) is 1. The van der Waals surface area contributed by atoms with E-state index in [0.29, 0.717) is 41.2 Å². The lowest BCUT2D eigenvalue weighted by Gasteiger charge is -2.61. The SMILES string of the molecule is C[C@@H]1CC[C@@]2(NC1)O[C@H]1C[C@H]3[C@@H]4CC[C@H]5C[C@H](NC(=O)CC(=O)NCc6cccnc6)CC[C@]5(C)[C@H]4CC[C@]3(C)[C@H]1[C@@H]2C. The lowest BCUT2D eigenvalue weighted by molar-refractivity contribution is -0.137. The van der Waals surface area contributed by atoms with Crippen LogP contribution in [0.25, 0.3) is 0 Å². The molecule has 6 aliphatic rings. The van der Waals surface area contributed by atoms with Crippen molar-refractivity contribution >= 4 is 11.8 Å². The Morgan fingerprint density at radius 2 is 1.84 bits per heavy atom. The van der Waals surface area contributed by atoms with Gasteiger partial charge in [0.25, 0.3) is 0 Å². The smallest absolute Gasteiger partial charge is 0.229 e. The molecule has 2 aliphatic heterocycles. The van der Waals surface area contributed by atoms with Crippen LogP contribution >= 0.6 is 0 Å². The molecule has 3 N–H and O–H groups in total. The van der Waals surface area contributed by atoms with Gasteiger partial charge in [-0.3, -0.25) is 19.9 Å². The highest BCUT2D eigenvalue weighted by Crippen LogP contribution is 2.71. The van der Waals surface area contributed by atoms with Crippen molar-refractivity contribution in [3.8, 4) is 0 Å². The molecule has 12 atom stereocenters. The highest BCUT2D eigenvalue weighted by Gasteiger charge is 2.68. The zero-order chi connectivity index (χ0) is 30.0. The van der Waals surface area contributed by atoms with Gasteiger partial charge in [0.05, 0.1) is 6.10 Å². The van der Waals surface area contributed by atoms with Crippen molar-refractivity contribution < 1.29 is 14.3 Å². The van der Waals surface area contributed by atoms with Crippen LogP contribution in [0, 0.1) is 52.3 Å². The minimum absolute atomic E-state index is 0.0841. The Hall–Kier alpha value is -1.99. The molecule has 0 bridgehead atoms. The third-order valence-corrected chi connectivity index (χ3v) is 14.0. The molecule has 236 valence electrons. The normalized spacial score (nSPS) is 46.7. The number of amides is 2. The van der Waals surface area contributed by atoms with E-state index in [0.717, 1.165) is 48.6 Å². The fourth-order valence-corrected chi connectivity index (χ4v) is 11.8. The molecule has 4 saturated carbocycles. The van der Waals surface area contributed by atoms with Gasteiger partial charge in [-0.2, -0.15) is 0 Å². The predicted octanol–water partition coefficient (Wildman–Crippen LogP) is 5.59. The molecule has 0 aromatic carbocycles. The van der Waals surface area contributed by atoms with Crippen LogP contribution in [-0.4, -0.2) is 41.2 Å². The minimum atomic E-state index is -0.230. The number of aromatic nitrogens is 1. The first kappa shape index (κ1) is 29.7. The van der Waals surface area contributed by atoms with Gasteiger partial charge in [-0.05, 0) is 122 Å². The Morgan fingerprint density at radius 3 is 2.60 bits per heavy atom. The first-order chi connectivity index (χ1) is 20.6. The second-order valence-electron chi connectivity index (χ2n) is 16.2. The van der Waals surface area contributed by atoms with Gasteiger partial charge in [0.1, 0.15) is 12.1 Å². The Labute approximate surface area is 258 Å². The molecule has 2 amide bonds. The van der Waals surface area contributed by atoms with Crippen molar-refractivity contribution in [3.05, 3.63) is 30.1 Å². The van der Waals surface area contributed by atoms with Crippen LogP contribution in [0.4, 0.5) is 0 Å². The number of hydrogen-bond donors (Lipinski definition) is 3.